The second-order valence-corrected chi connectivity index (χ2v) is 6.88. The second-order valence-electron chi connectivity index (χ2n) is 5.38. The van der Waals surface area contributed by atoms with E-state index < -0.39 is 10.0 Å². The van der Waals surface area contributed by atoms with Gasteiger partial charge in [0.1, 0.15) is 4.90 Å². The number of hydrogen-bond donors (Lipinski definition) is 1. The third-order valence-electron chi connectivity index (χ3n) is 4.12. The minimum Gasteiger partial charge on any atom is -0.343 e. The van der Waals surface area contributed by atoms with Gasteiger partial charge in [0, 0.05) is 23.1 Å². The van der Waals surface area contributed by atoms with Crippen molar-refractivity contribution >= 4 is 20.9 Å². The molecule has 2 aromatic rings. The van der Waals surface area contributed by atoms with E-state index >= 15 is 0 Å². The summed E-state index contributed by atoms with van der Waals surface area (Å²) >= 11 is 0. The van der Waals surface area contributed by atoms with Crippen molar-refractivity contribution < 1.29 is 8.42 Å². The van der Waals surface area contributed by atoms with Crippen LogP contribution in [0.2, 0.25) is 0 Å². The number of aromatic nitrogens is 1. The summed E-state index contributed by atoms with van der Waals surface area (Å²) in [6.07, 6.45) is 3.75. The summed E-state index contributed by atoms with van der Waals surface area (Å²) in [4.78, 5) is 0.280. The minimum absolute atomic E-state index is 0.280. The number of sulfonamides is 1. The monoisotopic (exact) mass is 278 g/mol. The first-order valence-electron chi connectivity index (χ1n) is 6.59. The first-order valence-corrected chi connectivity index (χ1v) is 8.14. The van der Waals surface area contributed by atoms with Gasteiger partial charge in [-0.2, -0.15) is 0 Å². The summed E-state index contributed by atoms with van der Waals surface area (Å²) in [6, 6.07) is 7.59. The van der Waals surface area contributed by atoms with Crippen LogP contribution in [0.25, 0.3) is 10.9 Å². The highest BCUT2D eigenvalue weighted by molar-refractivity contribution is 7.89. The van der Waals surface area contributed by atoms with E-state index in [-0.39, 0.29) is 4.90 Å². The lowest BCUT2D eigenvalue weighted by Crippen LogP contribution is -2.19. The molecule has 1 aliphatic carbocycles. The zero-order valence-electron chi connectivity index (χ0n) is 11.0. The zero-order chi connectivity index (χ0) is 13.6. The zero-order valence-corrected chi connectivity index (χ0v) is 11.8. The maximum atomic E-state index is 11.8. The molecule has 0 atom stereocenters. The number of nitrogens with two attached hydrogens (primary N) is 1. The predicted molar refractivity (Wildman–Crippen MR) is 75.4 cm³/mol. The first kappa shape index (κ1) is 12.7. The Morgan fingerprint density at radius 3 is 2.58 bits per heavy atom. The fourth-order valence-corrected chi connectivity index (χ4v) is 3.93. The van der Waals surface area contributed by atoms with Crippen molar-refractivity contribution in [1.82, 2.24) is 4.57 Å². The average molecular weight is 278 g/mol. The Labute approximate surface area is 113 Å². The Hall–Kier alpha value is -1.33. The van der Waals surface area contributed by atoms with E-state index in [9.17, 15) is 8.42 Å². The van der Waals surface area contributed by atoms with Gasteiger partial charge in [0.2, 0.25) is 10.0 Å². The molecule has 2 N–H and O–H groups in total. The highest BCUT2D eigenvalue weighted by Gasteiger charge is 2.25. The highest BCUT2D eigenvalue weighted by Crippen LogP contribution is 2.33. The molecule has 1 aliphatic rings. The van der Waals surface area contributed by atoms with Crippen LogP contribution in [0, 0.1) is 12.8 Å². The molecule has 5 heteroatoms. The smallest absolute Gasteiger partial charge is 0.240 e. The topological polar surface area (TPSA) is 65.1 Å². The molecule has 0 amide bonds. The number of primary sulfonamides is 1. The minimum atomic E-state index is -3.68. The molecule has 1 saturated carbocycles. The van der Waals surface area contributed by atoms with Gasteiger partial charge >= 0.3 is 0 Å². The summed E-state index contributed by atoms with van der Waals surface area (Å²) in [6.45, 7) is 2.74. The van der Waals surface area contributed by atoms with E-state index in [2.05, 4.69) is 4.57 Å². The van der Waals surface area contributed by atoms with Crippen molar-refractivity contribution in [2.24, 2.45) is 11.1 Å². The largest absolute Gasteiger partial charge is 0.343 e. The number of para-hydroxylation sites is 1. The van der Waals surface area contributed by atoms with Gasteiger partial charge in [-0.25, -0.2) is 13.6 Å². The van der Waals surface area contributed by atoms with Gasteiger partial charge in [-0.3, -0.25) is 0 Å². The van der Waals surface area contributed by atoms with E-state index in [1.807, 2.05) is 31.2 Å². The Balaban J connectivity index is 2.23. The van der Waals surface area contributed by atoms with Crippen LogP contribution in [-0.4, -0.2) is 13.0 Å². The molecular formula is C14H18N2O2S. The number of nitrogens with zero attached hydrogens (tertiary/aromatic N) is 1. The number of fused-ring (bicyclic) bond motifs is 1. The maximum Gasteiger partial charge on any atom is 0.240 e. The Morgan fingerprint density at radius 1 is 1.32 bits per heavy atom. The van der Waals surface area contributed by atoms with Crippen LogP contribution < -0.4 is 5.14 Å². The van der Waals surface area contributed by atoms with Gasteiger partial charge in [-0.15, -0.1) is 0 Å². The van der Waals surface area contributed by atoms with Gasteiger partial charge in [-0.05, 0) is 31.7 Å². The summed E-state index contributed by atoms with van der Waals surface area (Å²) in [5.41, 5.74) is 1.73. The van der Waals surface area contributed by atoms with E-state index in [0.29, 0.717) is 5.92 Å². The number of benzene rings is 1. The molecule has 102 valence electrons. The van der Waals surface area contributed by atoms with Crippen molar-refractivity contribution in [3.05, 3.63) is 30.0 Å². The fraction of sp³-hybridized carbons (Fsp3) is 0.429. The van der Waals surface area contributed by atoms with Crippen LogP contribution in [0.5, 0.6) is 0 Å². The molecule has 0 spiro atoms. The van der Waals surface area contributed by atoms with Crippen LogP contribution in [0.3, 0.4) is 0 Å². The molecule has 0 unspecified atom stereocenters. The lowest BCUT2D eigenvalue weighted by Gasteiger charge is -2.26. The SMILES string of the molecule is Cc1c(S(N)(=O)=O)c2ccccc2n1CC1CCC1. The summed E-state index contributed by atoms with van der Waals surface area (Å²) in [7, 11) is -3.68. The Bertz CT molecular complexity index is 727. The van der Waals surface area contributed by atoms with Crippen molar-refractivity contribution in [3.8, 4) is 0 Å². The maximum absolute atomic E-state index is 11.8. The van der Waals surface area contributed by atoms with E-state index in [1.165, 1.54) is 19.3 Å². The molecule has 0 aliphatic heterocycles. The van der Waals surface area contributed by atoms with Gasteiger partial charge in [0.15, 0.2) is 0 Å². The standard InChI is InChI=1S/C14H18N2O2S/c1-10-14(19(15,17)18)12-7-2-3-8-13(12)16(10)9-11-5-4-6-11/h2-3,7-8,11H,4-6,9H2,1H3,(H2,15,17,18). The molecular weight excluding hydrogens is 260 g/mol. The fourth-order valence-electron chi connectivity index (χ4n) is 2.93. The molecule has 4 nitrogen and oxygen atoms in total. The van der Waals surface area contributed by atoms with Crippen LogP contribution in [0.4, 0.5) is 0 Å². The van der Waals surface area contributed by atoms with Crippen LogP contribution in [-0.2, 0) is 16.6 Å². The highest BCUT2D eigenvalue weighted by atomic mass is 32.2. The van der Waals surface area contributed by atoms with Crippen molar-refractivity contribution in [1.29, 1.82) is 0 Å². The number of hydrogen-bond acceptors (Lipinski definition) is 2. The molecule has 1 heterocycles. The summed E-state index contributed by atoms with van der Waals surface area (Å²) in [5.74, 6) is 0.669. The lowest BCUT2D eigenvalue weighted by molar-refractivity contribution is 0.278. The lowest BCUT2D eigenvalue weighted by atomic mass is 9.85. The quantitative estimate of drug-likeness (QED) is 0.937. The molecule has 1 fully saturated rings. The first-order chi connectivity index (χ1) is 8.98. The molecule has 3 rings (SSSR count). The Kier molecular flexibility index (Phi) is 2.91. The normalized spacial score (nSPS) is 16.7. The molecule has 0 radical (unpaired) electrons. The second kappa shape index (κ2) is 4.35. The van der Waals surface area contributed by atoms with Crippen molar-refractivity contribution in [2.45, 2.75) is 37.6 Å². The summed E-state index contributed by atoms with van der Waals surface area (Å²) in [5, 5.41) is 6.11. The Morgan fingerprint density at radius 2 is 2.00 bits per heavy atom. The van der Waals surface area contributed by atoms with Gasteiger partial charge in [-0.1, -0.05) is 24.6 Å². The van der Waals surface area contributed by atoms with Crippen molar-refractivity contribution in [2.75, 3.05) is 0 Å². The molecule has 1 aromatic carbocycles. The van der Waals surface area contributed by atoms with E-state index in [1.54, 1.807) is 0 Å². The molecule has 1 aromatic heterocycles. The molecule has 0 saturated heterocycles. The average Bonchev–Trinajstić information content (AvgIpc) is 2.55. The number of rotatable bonds is 3. The van der Waals surface area contributed by atoms with E-state index in [0.717, 1.165) is 23.1 Å². The van der Waals surface area contributed by atoms with Crippen LogP contribution in [0.1, 0.15) is 25.0 Å². The van der Waals surface area contributed by atoms with Crippen LogP contribution >= 0.6 is 0 Å². The molecule has 19 heavy (non-hydrogen) atoms. The third kappa shape index (κ3) is 2.07. The van der Waals surface area contributed by atoms with Gasteiger partial charge in [0.05, 0.1) is 0 Å². The summed E-state index contributed by atoms with van der Waals surface area (Å²) < 4.78 is 25.7. The third-order valence-corrected chi connectivity index (χ3v) is 5.21. The van der Waals surface area contributed by atoms with Gasteiger partial charge in [0.25, 0.3) is 0 Å². The van der Waals surface area contributed by atoms with Crippen molar-refractivity contribution in [3.63, 3.8) is 0 Å². The molecule has 0 bridgehead atoms. The van der Waals surface area contributed by atoms with Crippen LogP contribution in [0.15, 0.2) is 29.2 Å². The van der Waals surface area contributed by atoms with Gasteiger partial charge < -0.3 is 4.57 Å². The predicted octanol–water partition coefficient (Wildman–Crippen LogP) is 2.40. The van der Waals surface area contributed by atoms with E-state index in [4.69, 9.17) is 5.14 Å².